The molecule has 3 rings (SSSR count). The Bertz CT molecular complexity index is 819. The Morgan fingerprint density at radius 3 is 2.41 bits per heavy atom. The fraction of sp³-hybridized carbons (Fsp3) is 0.318. The van der Waals surface area contributed by atoms with Crippen molar-refractivity contribution in [3.63, 3.8) is 0 Å². The molecule has 0 unspecified atom stereocenters. The fourth-order valence-electron chi connectivity index (χ4n) is 2.74. The van der Waals surface area contributed by atoms with E-state index in [1.165, 1.54) is 11.1 Å². The van der Waals surface area contributed by atoms with Gasteiger partial charge in [0.2, 0.25) is 0 Å². The van der Waals surface area contributed by atoms with Gasteiger partial charge in [0, 0.05) is 50.7 Å². The number of hydrogen-bond acceptors (Lipinski definition) is 5. The number of aliphatic hydroxyl groups is 1. The number of pyridine rings is 1. The summed E-state index contributed by atoms with van der Waals surface area (Å²) in [6.45, 7) is 0.998. The van der Waals surface area contributed by atoms with E-state index in [-0.39, 0.29) is 6.61 Å². The molecule has 3 aromatic rings. The van der Waals surface area contributed by atoms with Gasteiger partial charge in [0.25, 0.3) is 0 Å². The van der Waals surface area contributed by atoms with Gasteiger partial charge in [-0.05, 0) is 54.3 Å². The Morgan fingerprint density at radius 2 is 1.74 bits per heavy atom. The van der Waals surface area contributed by atoms with Gasteiger partial charge in [-0.3, -0.25) is 4.98 Å². The first-order valence-electron chi connectivity index (χ1n) is 8.97. The van der Waals surface area contributed by atoms with E-state index in [2.05, 4.69) is 51.4 Å². The Kier molecular flexibility index (Phi) is 8.55. The molecule has 27 heavy (non-hydrogen) atoms. The van der Waals surface area contributed by atoms with Crippen molar-refractivity contribution in [3.05, 3.63) is 65.9 Å². The van der Waals surface area contributed by atoms with E-state index in [0.29, 0.717) is 0 Å². The molecule has 5 heteroatoms. The van der Waals surface area contributed by atoms with Crippen LogP contribution in [0.25, 0.3) is 10.9 Å². The third-order valence-electron chi connectivity index (χ3n) is 4.05. The number of benzene rings is 2. The molecular weight excluding hydrogens is 340 g/mol. The van der Waals surface area contributed by atoms with Gasteiger partial charge < -0.3 is 19.9 Å². The summed E-state index contributed by atoms with van der Waals surface area (Å²) in [6, 6.07) is 16.5. The third-order valence-corrected chi connectivity index (χ3v) is 4.05. The normalized spacial score (nSPS) is 10.2. The van der Waals surface area contributed by atoms with Gasteiger partial charge in [-0.15, -0.1) is 0 Å². The molecular formula is C22H28N2O3. The quantitative estimate of drug-likeness (QED) is 0.620. The number of nitrogens with zero attached hydrogens (tertiary/aromatic N) is 1. The van der Waals surface area contributed by atoms with Crippen LogP contribution in [0.5, 0.6) is 5.75 Å². The Morgan fingerprint density at radius 1 is 1.00 bits per heavy atom. The minimum atomic E-state index is 0.213. The van der Waals surface area contributed by atoms with E-state index in [0.717, 1.165) is 41.7 Å². The van der Waals surface area contributed by atoms with Crippen LogP contribution in [0.1, 0.15) is 17.5 Å². The molecule has 0 fully saturated rings. The first-order valence-corrected chi connectivity index (χ1v) is 8.97. The van der Waals surface area contributed by atoms with Crippen LogP contribution in [-0.2, 0) is 11.2 Å². The van der Waals surface area contributed by atoms with Crippen molar-refractivity contribution in [1.29, 1.82) is 0 Å². The number of aromatic nitrogens is 1. The van der Waals surface area contributed by atoms with Crippen molar-refractivity contribution in [2.75, 3.05) is 39.8 Å². The van der Waals surface area contributed by atoms with E-state index >= 15 is 0 Å². The monoisotopic (exact) mass is 368 g/mol. The molecule has 2 N–H and O–H groups in total. The van der Waals surface area contributed by atoms with Crippen LogP contribution in [0.4, 0.5) is 5.69 Å². The van der Waals surface area contributed by atoms with Gasteiger partial charge in [-0.25, -0.2) is 0 Å². The topological polar surface area (TPSA) is 63.6 Å². The SMILES string of the molecule is COC.COc1ccc2c(Cc3ccc(NCCCO)cc3)ccnc2c1. The lowest BCUT2D eigenvalue weighted by Crippen LogP contribution is -2.03. The smallest absolute Gasteiger partial charge is 0.121 e. The van der Waals surface area contributed by atoms with Gasteiger partial charge in [0.15, 0.2) is 0 Å². The summed E-state index contributed by atoms with van der Waals surface area (Å²) >= 11 is 0. The zero-order valence-corrected chi connectivity index (χ0v) is 16.2. The molecule has 5 nitrogen and oxygen atoms in total. The van der Waals surface area contributed by atoms with Crippen LogP contribution in [0.3, 0.4) is 0 Å². The summed E-state index contributed by atoms with van der Waals surface area (Å²) in [7, 11) is 4.92. The second kappa shape index (κ2) is 11.2. The molecule has 2 aromatic carbocycles. The molecule has 0 atom stereocenters. The second-order valence-corrected chi connectivity index (χ2v) is 6.14. The lowest BCUT2D eigenvalue weighted by molar-refractivity contribution is 0.277. The summed E-state index contributed by atoms with van der Waals surface area (Å²) in [4.78, 5) is 4.44. The molecule has 0 aliphatic rings. The second-order valence-electron chi connectivity index (χ2n) is 6.14. The van der Waals surface area contributed by atoms with Crippen LogP contribution in [-0.4, -0.2) is 44.6 Å². The van der Waals surface area contributed by atoms with Crippen molar-refractivity contribution in [2.24, 2.45) is 0 Å². The van der Waals surface area contributed by atoms with Crippen LogP contribution in [0.15, 0.2) is 54.7 Å². The minimum absolute atomic E-state index is 0.213. The highest BCUT2D eigenvalue weighted by Gasteiger charge is 2.05. The van der Waals surface area contributed by atoms with Crippen LogP contribution in [0.2, 0.25) is 0 Å². The molecule has 1 heterocycles. The number of aliphatic hydroxyl groups excluding tert-OH is 1. The van der Waals surface area contributed by atoms with Gasteiger partial charge in [-0.1, -0.05) is 12.1 Å². The predicted molar refractivity (Wildman–Crippen MR) is 111 cm³/mol. The highest BCUT2D eigenvalue weighted by molar-refractivity contribution is 5.83. The predicted octanol–water partition coefficient (Wildman–Crippen LogP) is 3.89. The van der Waals surface area contributed by atoms with Crippen molar-refractivity contribution < 1.29 is 14.6 Å². The standard InChI is InChI=1S/C20H22N2O2.C2H6O/c1-24-18-7-8-19-16(9-11-22-20(19)14-18)13-15-3-5-17(6-4-15)21-10-2-12-23;1-3-2/h3-9,11,14,21,23H,2,10,12-13H2,1H3;1-2H3. The molecule has 0 saturated heterocycles. The van der Waals surface area contributed by atoms with Crippen LogP contribution < -0.4 is 10.1 Å². The lowest BCUT2D eigenvalue weighted by Gasteiger charge is -2.09. The highest BCUT2D eigenvalue weighted by atomic mass is 16.5. The minimum Gasteiger partial charge on any atom is -0.497 e. The largest absolute Gasteiger partial charge is 0.497 e. The average Bonchev–Trinajstić information content (AvgIpc) is 2.70. The van der Waals surface area contributed by atoms with Gasteiger partial charge in [0.05, 0.1) is 12.6 Å². The van der Waals surface area contributed by atoms with Crippen molar-refractivity contribution >= 4 is 16.6 Å². The highest BCUT2D eigenvalue weighted by Crippen LogP contribution is 2.24. The first kappa shape index (κ1) is 20.7. The first-order chi connectivity index (χ1) is 13.2. The zero-order chi connectivity index (χ0) is 19.5. The molecule has 0 aliphatic heterocycles. The maximum absolute atomic E-state index is 8.82. The number of anilines is 1. The summed E-state index contributed by atoms with van der Waals surface area (Å²) in [5.41, 5.74) is 4.54. The maximum Gasteiger partial charge on any atom is 0.121 e. The lowest BCUT2D eigenvalue weighted by atomic mass is 10.0. The molecule has 0 radical (unpaired) electrons. The van der Waals surface area contributed by atoms with Crippen molar-refractivity contribution in [2.45, 2.75) is 12.8 Å². The Balaban J connectivity index is 0.000000817. The molecule has 0 bridgehead atoms. The maximum atomic E-state index is 8.82. The summed E-state index contributed by atoms with van der Waals surface area (Å²) < 4.78 is 9.52. The number of hydrogen-bond donors (Lipinski definition) is 2. The van der Waals surface area contributed by atoms with Gasteiger partial charge in [0.1, 0.15) is 5.75 Å². The number of ether oxygens (including phenoxy) is 2. The van der Waals surface area contributed by atoms with Gasteiger partial charge in [-0.2, -0.15) is 0 Å². The molecule has 0 saturated carbocycles. The average molecular weight is 368 g/mol. The van der Waals surface area contributed by atoms with E-state index < -0.39 is 0 Å². The molecule has 0 spiro atoms. The Labute approximate surface area is 161 Å². The fourth-order valence-corrected chi connectivity index (χ4v) is 2.74. The molecule has 144 valence electrons. The van der Waals surface area contributed by atoms with Crippen molar-refractivity contribution in [1.82, 2.24) is 4.98 Å². The van der Waals surface area contributed by atoms with E-state index in [1.54, 1.807) is 21.3 Å². The number of methoxy groups -OCH3 is 2. The van der Waals surface area contributed by atoms with E-state index in [4.69, 9.17) is 9.84 Å². The zero-order valence-electron chi connectivity index (χ0n) is 16.2. The number of nitrogens with one attached hydrogen (secondary N) is 1. The number of rotatable bonds is 7. The van der Waals surface area contributed by atoms with Gasteiger partial charge >= 0.3 is 0 Å². The van der Waals surface area contributed by atoms with E-state index in [9.17, 15) is 0 Å². The van der Waals surface area contributed by atoms with Crippen LogP contribution in [0, 0.1) is 0 Å². The Hall–Kier alpha value is -2.63. The van der Waals surface area contributed by atoms with E-state index in [1.807, 2.05) is 18.3 Å². The van der Waals surface area contributed by atoms with Crippen LogP contribution >= 0.6 is 0 Å². The molecule has 0 aliphatic carbocycles. The summed E-state index contributed by atoms with van der Waals surface area (Å²) in [6.07, 6.45) is 3.47. The molecule has 1 aromatic heterocycles. The molecule has 0 amide bonds. The third kappa shape index (κ3) is 6.24. The number of fused-ring (bicyclic) bond motifs is 1. The summed E-state index contributed by atoms with van der Waals surface area (Å²) in [5, 5.41) is 13.3. The van der Waals surface area contributed by atoms with Crippen molar-refractivity contribution in [3.8, 4) is 5.75 Å². The summed E-state index contributed by atoms with van der Waals surface area (Å²) in [5.74, 6) is 0.824.